The van der Waals surface area contributed by atoms with E-state index in [0.717, 1.165) is 31.7 Å². The summed E-state index contributed by atoms with van der Waals surface area (Å²) in [5, 5.41) is 8.96. The summed E-state index contributed by atoms with van der Waals surface area (Å²) in [5.74, 6) is -0.0565. The van der Waals surface area contributed by atoms with Crippen LogP contribution in [0.2, 0.25) is 0 Å². The van der Waals surface area contributed by atoms with Gasteiger partial charge in [0.05, 0.1) is 5.92 Å². The number of nitrogens with zero attached hydrogens (tertiary/aromatic N) is 1. The van der Waals surface area contributed by atoms with Crippen molar-refractivity contribution in [2.45, 2.75) is 44.6 Å². The van der Waals surface area contributed by atoms with E-state index in [2.05, 4.69) is 0 Å². The lowest BCUT2D eigenvalue weighted by molar-refractivity contribution is -0.142. The third-order valence-electron chi connectivity index (χ3n) is 4.93. The van der Waals surface area contributed by atoms with Crippen LogP contribution in [0.1, 0.15) is 38.5 Å². The Labute approximate surface area is 101 Å². The van der Waals surface area contributed by atoms with E-state index in [1.165, 1.54) is 6.42 Å². The third kappa shape index (κ3) is 1.74. The second-order valence-corrected chi connectivity index (χ2v) is 5.77. The van der Waals surface area contributed by atoms with Crippen LogP contribution in [0.15, 0.2) is 0 Å². The second-order valence-electron chi connectivity index (χ2n) is 5.77. The van der Waals surface area contributed by atoms with Gasteiger partial charge in [0.1, 0.15) is 0 Å². The molecule has 0 bridgehead atoms. The lowest BCUT2D eigenvalue weighted by Gasteiger charge is -2.37. The van der Waals surface area contributed by atoms with Crippen LogP contribution in [0.5, 0.6) is 0 Å². The average Bonchev–Trinajstić information content (AvgIpc) is 2.83. The molecule has 1 aliphatic heterocycles. The Morgan fingerprint density at radius 1 is 1.00 bits per heavy atom. The van der Waals surface area contributed by atoms with E-state index in [0.29, 0.717) is 18.9 Å². The molecule has 94 valence electrons. The summed E-state index contributed by atoms with van der Waals surface area (Å²) >= 11 is 0. The minimum absolute atomic E-state index is 0.0181. The van der Waals surface area contributed by atoms with Crippen molar-refractivity contribution >= 4 is 11.9 Å². The van der Waals surface area contributed by atoms with Crippen LogP contribution < -0.4 is 0 Å². The second kappa shape index (κ2) is 4.00. The molecule has 0 spiro atoms. The SMILES string of the molecule is O=C(O)[C@@H]1CC[C@H](C(=O)N2CC[C@@H]3CC[C@@H]32)C1. The largest absolute Gasteiger partial charge is 0.481 e. The van der Waals surface area contributed by atoms with Crippen molar-refractivity contribution in [3.05, 3.63) is 0 Å². The molecule has 1 amide bonds. The number of hydrogen-bond donors (Lipinski definition) is 1. The molecule has 1 heterocycles. The van der Waals surface area contributed by atoms with Crippen LogP contribution in [-0.4, -0.2) is 34.5 Å². The molecule has 0 aromatic heterocycles. The van der Waals surface area contributed by atoms with Crippen molar-refractivity contribution < 1.29 is 14.7 Å². The number of amides is 1. The Morgan fingerprint density at radius 3 is 2.29 bits per heavy atom. The third-order valence-corrected chi connectivity index (χ3v) is 4.93. The van der Waals surface area contributed by atoms with Gasteiger partial charge in [0.2, 0.25) is 5.91 Å². The summed E-state index contributed by atoms with van der Waals surface area (Å²) in [7, 11) is 0. The molecule has 3 rings (SSSR count). The molecule has 4 heteroatoms. The molecule has 4 nitrogen and oxygen atoms in total. The number of likely N-dealkylation sites (tertiary alicyclic amines) is 1. The molecule has 0 unspecified atom stereocenters. The van der Waals surface area contributed by atoms with Crippen LogP contribution >= 0.6 is 0 Å². The minimum atomic E-state index is -0.733. The molecule has 0 aromatic rings. The Bertz CT molecular complexity index is 355. The van der Waals surface area contributed by atoms with Gasteiger partial charge in [0, 0.05) is 18.5 Å². The quantitative estimate of drug-likeness (QED) is 0.791. The fourth-order valence-corrected chi connectivity index (χ4v) is 3.71. The van der Waals surface area contributed by atoms with Gasteiger partial charge < -0.3 is 10.0 Å². The Morgan fingerprint density at radius 2 is 1.76 bits per heavy atom. The predicted molar refractivity (Wildman–Crippen MR) is 61.3 cm³/mol. The Kier molecular flexibility index (Phi) is 2.60. The van der Waals surface area contributed by atoms with E-state index in [1.807, 2.05) is 4.90 Å². The molecule has 0 aromatic carbocycles. The first-order valence-corrected chi connectivity index (χ1v) is 6.70. The number of fused-ring (bicyclic) bond motifs is 1. The maximum absolute atomic E-state index is 12.3. The first kappa shape index (κ1) is 11.1. The van der Waals surface area contributed by atoms with Crippen molar-refractivity contribution in [3.63, 3.8) is 0 Å². The van der Waals surface area contributed by atoms with Crippen molar-refractivity contribution in [1.82, 2.24) is 4.90 Å². The van der Waals surface area contributed by atoms with E-state index in [1.54, 1.807) is 0 Å². The van der Waals surface area contributed by atoms with E-state index < -0.39 is 5.97 Å². The molecule has 2 saturated carbocycles. The van der Waals surface area contributed by atoms with Gasteiger partial charge in [-0.2, -0.15) is 0 Å². The van der Waals surface area contributed by atoms with Crippen molar-refractivity contribution in [3.8, 4) is 0 Å². The summed E-state index contributed by atoms with van der Waals surface area (Å²) in [4.78, 5) is 25.3. The van der Waals surface area contributed by atoms with Crippen LogP contribution in [0.3, 0.4) is 0 Å². The zero-order chi connectivity index (χ0) is 12.0. The molecule has 3 fully saturated rings. The standard InChI is InChI=1S/C13H19NO3/c15-12(9-1-2-10(7-9)13(16)17)14-6-5-8-3-4-11(8)14/h8-11H,1-7H2,(H,16,17)/t8-,9-,10+,11-/m0/s1. The fourth-order valence-electron chi connectivity index (χ4n) is 3.71. The average molecular weight is 237 g/mol. The van der Waals surface area contributed by atoms with E-state index >= 15 is 0 Å². The van der Waals surface area contributed by atoms with Crippen LogP contribution in [0.25, 0.3) is 0 Å². The highest BCUT2D eigenvalue weighted by Gasteiger charge is 2.45. The van der Waals surface area contributed by atoms with Gasteiger partial charge in [0.15, 0.2) is 0 Å². The summed E-state index contributed by atoms with van der Waals surface area (Å²) in [6.07, 6.45) is 5.59. The molecule has 1 saturated heterocycles. The molecular weight excluding hydrogens is 218 g/mol. The number of carbonyl (C=O) groups is 2. The molecule has 2 aliphatic carbocycles. The monoisotopic (exact) mass is 237 g/mol. The van der Waals surface area contributed by atoms with Crippen molar-refractivity contribution in [2.75, 3.05) is 6.54 Å². The first-order chi connectivity index (χ1) is 8.16. The van der Waals surface area contributed by atoms with Gasteiger partial charge in [-0.1, -0.05) is 0 Å². The molecule has 1 N–H and O–H groups in total. The lowest BCUT2D eigenvalue weighted by Crippen LogP contribution is -2.45. The van der Waals surface area contributed by atoms with Gasteiger partial charge >= 0.3 is 5.97 Å². The molecule has 3 aliphatic rings. The van der Waals surface area contributed by atoms with Crippen LogP contribution in [0, 0.1) is 17.8 Å². The highest BCUT2D eigenvalue weighted by molar-refractivity contribution is 5.81. The highest BCUT2D eigenvalue weighted by Crippen LogP contribution is 2.42. The van der Waals surface area contributed by atoms with Crippen molar-refractivity contribution in [1.29, 1.82) is 0 Å². The summed E-state index contributed by atoms with van der Waals surface area (Å²) in [5.41, 5.74) is 0. The topological polar surface area (TPSA) is 57.6 Å². The fraction of sp³-hybridized carbons (Fsp3) is 0.846. The van der Waals surface area contributed by atoms with Gasteiger partial charge in [-0.3, -0.25) is 9.59 Å². The normalized spacial score (nSPS) is 39.9. The Hall–Kier alpha value is -1.06. The summed E-state index contributed by atoms with van der Waals surface area (Å²) < 4.78 is 0. The van der Waals surface area contributed by atoms with E-state index in [4.69, 9.17) is 5.11 Å². The number of rotatable bonds is 2. The van der Waals surface area contributed by atoms with Gasteiger partial charge in [-0.05, 0) is 44.4 Å². The van der Waals surface area contributed by atoms with Gasteiger partial charge in [0.25, 0.3) is 0 Å². The van der Waals surface area contributed by atoms with Gasteiger partial charge in [-0.25, -0.2) is 0 Å². The maximum atomic E-state index is 12.3. The van der Waals surface area contributed by atoms with Crippen LogP contribution in [0.4, 0.5) is 0 Å². The molecule has 17 heavy (non-hydrogen) atoms. The zero-order valence-corrected chi connectivity index (χ0v) is 9.97. The summed E-state index contributed by atoms with van der Waals surface area (Å²) in [6.45, 7) is 0.905. The smallest absolute Gasteiger partial charge is 0.306 e. The van der Waals surface area contributed by atoms with E-state index in [9.17, 15) is 9.59 Å². The van der Waals surface area contributed by atoms with Gasteiger partial charge in [-0.15, -0.1) is 0 Å². The Balaban J connectivity index is 1.62. The number of aliphatic carboxylic acids is 1. The van der Waals surface area contributed by atoms with Crippen molar-refractivity contribution in [2.24, 2.45) is 17.8 Å². The summed E-state index contributed by atoms with van der Waals surface area (Å²) in [6, 6.07) is 0.492. The number of carboxylic acids is 1. The zero-order valence-electron chi connectivity index (χ0n) is 9.97. The molecular formula is C13H19NO3. The highest BCUT2D eigenvalue weighted by atomic mass is 16.4. The number of carbonyl (C=O) groups excluding carboxylic acids is 1. The predicted octanol–water partition coefficient (Wildman–Crippen LogP) is 1.50. The molecule has 4 atom stereocenters. The lowest BCUT2D eigenvalue weighted by atomic mass is 9.80. The van der Waals surface area contributed by atoms with E-state index in [-0.39, 0.29) is 17.7 Å². The molecule has 0 radical (unpaired) electrons. The maximum Gasteiger partial charge on any atom is 0.306 e. The first-order valence-electron chi connectivity index (χ1n) is 6.70. The number of hydrogen-bond acceptors (Lipinski definition) is 2. The van der Waals surface area contributed by atoms with Crippen LogP contribution in [-0.2, 0) is 9.59 Å². The number of carboxylic acid groups (broad SMARTS) is 1. The minimum Gasteiger partial charge on any atom is -0.481 e.